The van der Waals surface area contributed by atoms with Gasteiger partial charge in [-0.2, -0.15) is 0 Å². The Morgan fingerprint density at radius 2 is 1.95 bits per heavy atom. The minimum Gasteiger partial charge on any atom is -0.480 e. The molecule has 0 aromatic carbocycles. The highest BCUT2D eigenvalue weighted by Crippen LogP contribution is 2.43. The molecule has 0 unspecified atom stereocenters. The number of aromatic nitrogens is 2. The van der Waals surface area contributed by atoms with E-state index in [1.54, 1.807) is 0 Å². The average molecular weight is 260 g/mol. The van der Waals surface area contributed by atoms with Gasteiger partial charge in [0.1, 0.15) is 11.2 Å². The van der Waals surface area contributed by atoms with Crippen molar-refractivity contribution in [2.75, 3.05) is 0 Å². The van der Waals surface area contributed by atoms with Crippen LogP contribution in [0.25, 0.3) is 0 Å². The van der Waals surface area contributed by atoms with Gasteiger partial charge in [-0.25, -0.2) is 9.97 Å². The maximum atomic E-state index is 11.6. The molecule has 0 spiro atoms. The van der Waals surface area contributed by atoms with Crippen LogP contribution in [-0.2, 0) is 10.2 Å². The molecule has 0 amide bonds. The molecule has 2 aliphatic rings. The Labute approximate surface area is 113 Å². The van der Waals surface area contributed by atoms with Gasteiger partial charge < -0.3 is 5.11 Å². The Morgan fingerprint density at radius 1 is 1.26 bits per heavy atom. The number of carboxylic acids is 1. The maximum absolute atomic E-state index is 11.6. The third-order valence-corrected chi connectivity index (χ3v) is 4.69. The Balaban J connectivity index is 1.99. The molecule has 0 atom stereocenters. The monoisotopic (exact) mass is 260 g/mol. The fraction of sp³-hybridized carbons (Fsp3) is 0.667. The second kappa shape index (κ2) is 4.58. The van der Waals surface area contributed by atoms with E-state index in [0.717, 1.165) is 17.8 Å². The van der Waals surface area contributed by atoms with Gasteiger partial charge >= 0.3 is 5.97 Å². The molecule has 0 aliphatic heterocycles. The van der Waals surface area contributed by atoms with E-state index in [1.165, 1.54) is 25.7 Å². The largest absolute Gasteiger partial charge is 0.480 e. The standard InChI is InChI=1S/C15H20N2O2/c1-10-9-12(11-5-2-3-6-11)17-13(16-10)15(14(18)19)7-4-8-15/h9,11H,2-8H2,1H3,(H,18,19). The number of aryl methyl sites for hydroxylation is 1. The highest BCUT2D eigenvalue weighted by molar-refractivity contribution is 5.81. The first-order valence-electron chi connectivity index (χ1n) is 7.21. The number of aliphatic carboxylic acids is 1. The van der Waals surface area contributed by atoms with Crippen molar-refractivity contribution in [2.24, 2.45) is 0 Å². The molecule has 2 fully saturated rings. The number of hydrogen-bond donors (Lipinski definition) is 1. The highest BCUT2D eigenvalue weighted by atomic mass is 16.4. The van der Waals surface area contributed by atoms with Crippen molar-refractivity contribution in [3.63, 3.8) is 0 Å². The summed E-state index contributed by atoms with van der Waals surface area (Å²) < 4.78 is 0. The van der Waals surface area contributed by atoms with E-state index in [-0.39, 0.29) is 0 Å². The Kier molecular flexibility index (Phi) is 3.03. The molecule has 0 saturated heterocycles. The van der Waals surface area contributed by atoms with Gasteiger partial charge in [0.05, 0.1) is 0 Å². The van der Waals surface area contributed by atoms with Crippen molar-refractivity contribution in [1.82, 2.24) is 9.97 Å². The molecule has 1 aromatic heterocycles. The van der Waals surface area contributed by atoms with Crippen molar-refractivity contribution < 1.29 is 9.90 Å². The van der Waals surface area contributed by atoms with Crippen LogP contribution in [0.2, 0.25) is 0 Å². The van der Waals surface area contributed by atoms with Crippen LogP contribution >= 0.6 is 0 Å². The van der Waals surface area contributed by atoms with E-state index in [1.807, 2.05) is 13.0 Å². The number of nitrogens with zero attached hydrogens (tertiary/aromatic N) is 2. The number of carboxylic acid groups (broad SMARTS) is 1. The second-order valence-corrected chi connectivity index (χ2v) is 5.98. The molecule has 3 rings (SSSR count). The van der Waals surface area contributed by atoms with Crippen LogP contribution in [0.4, 0.5) is 0 Å². The molecule has 0 bridgehead atoms. The van der Waals surface area contributed by atoms with Crippen molar-refractivity contribution in [1.29, 1.82) is 0 Å². The third-order valence-electron chi connectivity index (χ3n) is 4.69. The minimum absolute atomic E-state index is 0.506. The molecule has 102 valence electrons. The second-order valence-electron chi connectivity index (χ2n) is 5.98. The zero-order valence-corrected chi connectivity index (χ0v) is 11.4. The van der Waals surface area contributed by atoms with E-state index >= 15 is 0 Å². The summed E-state index contributed by atoms with van der Waals surface area (Å²) in [5.74, 6) is 0.293. The first-order chi connectivity index (χ1) is 9.12. The van der Waals surface area contributed by atoms with Crippen LogP contribution in [0.3, 0.4) is 0 Å². The van der Waals surface area contributed by atoms with Crippen LogP contribution in [-0.4, -0.2) is 21.0 Å². The minimum atomic E-state index is -0.806. The summed E-state index contributed by atoms with van der Waals surface area (Å²) in [7, 11) is 0. The summed E-state index contributed by atoms with van der Waals surface area (Å²) in [5, 5.41) is 9.50. The highest BCUT2D eigenvalue weighted by Gasteiger charge is 2.49. The number of hydrogen-bond acceptors (Lipinski definition) is 3. The van der Waals surface area contributed by atoms with Crippen molar-refractivity contribution in [3.05, 3.63) is 23.3 Å². The van der Waals surface area contributed by atoms with Gasteiger partial charge in [0.25, 0.3) is 0 Å². The smallest absolute Gasteiger partial charge is 0.317 e. The van der Waals surface area contributed by atoms with Gasteiger partial charge in [0.2, 0.25) is 0 Å². The molecule has 2 saturated carbocycles. The normalized spacial score (nSPS) is 22.2. The van der Waals surface area contributed by atoms with Crippen LogP contribution in [0.1, 0.15) is 68.1 Å². The van der Waals surface area contributed by atoms with E-state index in [2.05, 4.69) is 9.97 Å². The Bertz CT molecular complexity index is 503. The third kappa shape index (κ3) is 2.03. The maximum Gasteiger partial charge on any atom is 0.317 e. The molecule has 0 radical (unpaired) electrons. The fourth-order valence-electron chi connectivity index (χ4n) is 3.30. The fourth-order valence-corrected chi connectivity index (χ4v) is 3.30. The average Bonchev–Trinajstić information content (AvgIpc) is 2.79. The van der Waals surface area contributed by atoms with Crippen LogP contribution in [0.15, 0.2) is 6.07 Å². The molecular formula is C15H20N2O2. The summed E-state index contributed by atoms with van der Waals surface area (Å²) in [6.07, 6.45) is 7.18. The number of carbonyl (C=O) groups is 1. The summed E-state index contributed by atoms with van der Waals surface area (Å²) in [4.78, 5) is 20.6. The molecule has 4 nitrogen and oxygen atoms in total. The summed E-state index contributed by atoms with van der Waals surface area (Å²) >= 11 is 0. The lowest BCUT2D eigenvalue weighted by atomic mass is 9.68. The van der Waals surface area contributed by atoms with Gasteiger partial charge in [-0.1, -0.05) is 19.3 Å². The molecule has 4 heteroatoms. The van der Waals surface area contributed by atoms with Crippen LogP contribution in [0, 0.1) is 6.92 Å². The van der Waals surface area contributed by atoms with Gasteiger partial charge in [-0.05, 0) is 38.7 Å². The van der Waals surface area contributed by atoms with E-state index < -0.39 is 11.4 Å². The topological polar surface area (TPSA) is 63.1 Å². The zero-order chi connectivity index (χ0) is 13.5. The summed E-state index contributed by atoms with van der Waals surface area (Å²) in [6, 6.07) is 2.04. The predicted octanol–water partition coefficient (Wildman–Crippen LogP) is 2.95. The predicted molar refractivity (Wildman–Crippen MR) is 71.1 cm³/mol. The quantitative estimate of drug-likeness (QED) is 0.907. The van der Waals surface area contributed by atoms with Crippen molar-refractivity contribution >= 4 is 5.97 Å². The van der Waals surface area contributed by atoms with Crippen molar-refractivity contribution in [3.8, 4) is 0 Å². The Morgan fingerprint density at radius 3 is 2.47 bits per heavy atom. The van der Waals surface area contributed by atoms with Crippen molar-refractivity contribution in [2.45, 2.75) is 63.2 Å². The van der Waals surface area contributed by atoms with Gasteiger partial charge in [-0.3, -0.25) is 4.79 Å². The first-order valence-corrected chi connectivity index (χ1v) is 7.21. The lowest BCUT2D eigenvalue weighted by molar-refractivity contribution is -0.147. The zero-order valence-electron chi connectivity index (χ0n) is 11.4. The van der Waals surface area contributed by atoms with E-state index in [9.17, 15) is 9.90 Å². The summed E-state index contributed by atoms with van der Waals surface area (Å²) in [5.41, 5.74) is 1.16. The molecule has 2 aliphatic carbocycles. The first kappa shape index (κ1) is 12.6. The molecule has 1 heterocycles. The number of rotatable bonds is 3. The van der Waals surface area contributed by atoms with E-state index in [4.69, 9.17) is 0 Å². The van der Waals surface area contributed by atoms with Crippen LogP contribution < -0.4 is 0 Å². The summed E-state index contributed by atoms with van der Waals surface area (Å²) in [6.45, 7) is 1.94. The van der Waals surface area contributed by atoms with Gasteiger partial charge in [0, 0.05) is 17.3 Å². The Hall–Kier alpha value is -1.45. The van der Waals surface area contributed by atoms with Crippen LogP contribution in [0.5, 0.6) is 0 Å². The molecule has 1 aromatic rings. The lowest BCUT2D eigenvalue weighted by Crippen LogP contribution is -2.44. The molecular weight excluding hydrogens is 240 g/mol. The molecule has 1 N–H and O–H groups in total. The SMILES string of the molecule is Cc1cc(C2CCCC2)nc(C2(C(=O)O)CCC2)n1. The van der Waals surface area contributed by atoms with Gasteiger partial charge in [0.15, 0.2) is 0 Å². The lowest BCUT2D eigenvalue weighted by Gasteiger charge is -2.36. The molecule has 19 heavy (non-hydrogen) atoms. The van der Waals surface area contributed by atoms with Gasteiger partial charge in [-0.15, -0.1) is 0 Å². The van der Waals surface area contributed by atoms with E-state index in [0.29, 0.717) is 24.6 Å².